The summed E-state index contributed by atoms with van der Waals surface area (Å²) in [4.78, 5) is 10.1. The molecule has 76 valence electrons. The Hall–Kier alpha value is 0.220. The van der Waals surface area contributed by atoms with E-state index < -0.39 is 12.1 Å². The zero-order valence-corrected chi connectivity index (χ0v) is 9.45. The highest BCUT2D eigenvalue weighted by molar-refractivity contribution is 9.05. The molecule has 0 bridgehead atoms. The number of rotatable bonds is 7. The lowest BCUT2D eigenvalue weighted by molar-refractivity contribution is -0.138. The van der Waals surface area contributed by atoms with E-state index in [2.05, 4.69) is 11.7 Å². The van der Waals surface area contributed by atoms with Crippen molar-refractivity contribution in [1.29, 1.82) is 0 Å². The Morgan fingerprint density at radius 2 is 2.31 bits per heavy atom. The Kier molecular flexibility index (Phi) is 8.95. The summed E-state index contributed by atoms with van der Waals surface area (Å²) in [5.41, 5.74) is 0. The third-order valence-corrected chi connectivity index (χ3v) is 3.44. The van der Waals surface area contributed by atoms with Gasteiger partial charge in [0.25, 0.3) is 0 Å². The Balaban J connectivity index is 3.41. The molecule has 0 fully saturated rings. The van der Waals surface area contributed by atoms with Gasteiger partial charge in [0.2, 0.25) is 0 Å². The van der Waals surface area contributed by atoms with Crippen LogP contribution in [-0.4, -0.2) is 28.0 Å². The van der Waals surface area contributed by atoms with Gasteiger partial charge in [-0.25, -0.2) is 0 Å². The molecule has 0 saturated carbocycles. The summed E-state index contributed by atoms with van der Waals surface area (Å²) in [6, 6.07) is 0. The minimum Gasteiger partial charge on any atom is -0.481 e. The lowest BCUT2D eigenvalue weighted by Gasteiger charge is -1.99. The van der Waals surface area contributed by atoms with Crippen LogP contribution in [0, 0.1) is 0 Å². The van der Waals surface area contributed by atoms with Crippen LogP contribution >= 0.6 is 32.3 Å². The van der Waals surface area contributed by atoms with Crippen molar-refractivity contribution in [2.75, 3.05) is 5.75 Å². The number of carboxylic acids is 1. The first-order valence-corrected chi connectivity index (χ1v) is 7.03. The van der Waals surface area contributed by atoms with E-state index in [0.717, 1.165) is 12.2 Å². The molecule has 1 atom stereocenters. The third kappa shape index (κ3) is 10.1. The van der Waals surface area contributed by atoms with Gasteiger partial charge in [-0.15, -0.1) is 0 Å². The maximum absolute atomic E-state index is 10.1. The van der Waals surface area contributed by atoms with E-state index in [1.165, 1.54) is 15.9 Å². The van der Waals surface area contributed by atoms with Crippen molar-refractivity contribution in [1.82, 2.24) is 0 Å². The molecular weight excluding hydrogens is 228 g/mol. The zero-order valence-electron chi connectivity index (χ0n) is 6.92. The quantitative estimate of drug-likeness (QED) is 0.275. The normalized spacial score (nSPS) is 13.4. The predicted molar refractivity (Wildman–Crippen MR) is 61.1 cm³/mol. The van der Waals surface area contributed by atoms with Gasteiger partial charge in [-0.05, 0) is 16.2 Å². The summed E-state index contributed by atoms with van der Waals surface area (Å²) in [6.07, 6.45) is 3.01. The molecule has 6 heteroatoms. The second-order valence-corrected chi connectivity index (χ2v) is 5.57. The molecule has 0 heterocycles. The highest BCUT2D eigenvalue weighted by Crippen LogP contribution is 2.25. The smallest absolute Gasteiger partial charge is 0.306 e. The highest BCUT2D eigenvalue weighted by Gasteiger charge is 2.03. The van der Waals surface area contributed by atoms with Gasteiger partial charge >= 0.3 is 5.97 Å². The van der Waals surface area contributed by atoms with Gasteiger partial charge in [0.15, 0.2) is 0 Å². The maximum atomic E-state index is 10.1. The fourth-order valence-corrected chi connectivity index (χ4v) is 2.14. The molecule has 13 heavy (non-hydrogen) atoms. The number of carboxylic acid groups (broad SMARTS) is 1. The predicted octanol–water partition coefficient (Wildman–Crippen LogP) is 1.99. The molecule has 0 amide bonds. The fourth-order valence-electron chi connectivity index (χ4n) is 0.654. The van der Waals surface area contributed by atoms with Gasteiger partial charge in [0.05, 0.1) is 12.5 Å². The Bertz CT molecular complexity index is 172. The van der Waals surface area contributed by atoms with Gasteiger partial charge in [0.1, 0.15) is 0 Å². The molecular formula is C7H12O3S3. The molecule has 0 aliphatic heterocycles. The molecule has 0 saturated heterocycles. The summed E-state index contributed by atoms with van der Waals surface area (Å²) in [6.45, 7) is 0. The van der Waals surface area contributed by atoms with Crippen LogP contribution in [0.3, 0.4) is 0 Å². The van der Waals surface area contributed by atoms with Crippen molar-refractivity contribution >= 4 is 38.2 Å². The molecule has 0 radical (unpaired) electrons. The van der Waals surface area contributed by atoms with Crippen LogP contribution < -0.4 is 0 Å². The van der Waals surface area contributed by atoms with Crippen molar-refractivity contribution in [2.24, 2.45) is 0 Å². The maximum Gasteiger partial charge on any atom is 0.306 e. The second-order valence-electron chi connectivity index (χ2n) is 2.28. The van der Waals surface area contributed by atoms with E-state index in [0.29, 0.717) is 0 Å². The van der Waals surface area contributed by atoms with Crippen molar-refractivity contribution in [2.45, 2.75) is 18.9 Å². The van der Waals surface area contributed by atoms with E-state index in [9.17, 15) is 4.79 Å². The van der Waals surface area contributed by atoms with Crippen LogP contribution in [0.5, 0.6) is 0 Å². The standard InChI is InChI=1S/C7H12O3S3/c8-6(5-7(9)10)3-1-2-4-12-13-11/h1,3,6,8,11H,2,4-5H2,(H,9,10)/b3-1+/t6-/m1/s1. The zero-order chi connectivity index (χ0) is 10.1. The Morgan fingerprint density at radius 3 is 2.85 bits per heavy atom. The SMILES string of the molecule is O=C(O)C[C@H](O)/C=C/CCSSS. The lowest BCUT2D eigenvalue weighted by Crippen LogP contribution is -2.09. The first-order chi connectivity index (χ1) is 6.16. The van der Waals surface area contributed by atoms with Gasteiger partial charge < -0.3 is 10.2 Å². The number of allylic oxidation sites excluding steroid dienone is 1. The number of carbonyl (C=O) groups is 1. The molecule has 0 aromatic carbocycles. The van der Waals surface area contributed by atoms with Crippen molar-refractivity contribution in [3.05, 3.63) is 12.2 Å². The van der Waals surface area contributed by atoms with Crippen LogP contribution in [0.15, 0.2) is 12.2 Å². The van der Waals surface area contributed by atoms with Crippen LogP contribution in [0.1, 0.15) is 12.8 Å². The molecule has 0 aliphatic carbocycles. The molecule has 0 spiro atoms. The minimum atomic E-state index is -0.988. The van der Waals surface area contributed by atoms with Gasteiger partial charge in [0, 0.05) is 5.75 Å². The summed E-state index contributed by atoms with van der Waals surface area (Å²) in [5.74, 6) is -0.0813. The van der Waals surface area contributed by atoms with Crippen LogP contribution in [-0.2, 0) is 4.79 Å². The highest BCUT2D eigenvalue weighted by atomic mass is 33.5. The molecule has 2 N–H and O–H groups in total. The topological polar surface area (TPSA) is 57.5 Å². The van der Waals surface area contributed by atoms with E-state index in [4.69, 9.17) is 10.2 Å². The van der Waals surface area contributed by atoms with E-state index >= 15 is 0 Å². The summed E-state index contributed by atoms with van der Waals surface area (Å²) in [5, 5.41) is 17.4. The van der Waals surface area contributed by atoms with Crippen molar-refractivity contribution in [3.63, 3.8) is 0 Å². The number of aliphatic hydroxyl groups is 1. The molecule has 0 aromatic rings. The Labute approximate surface area is 90.2 Å². The van der Waals surface area contributed by atoms with Gasteiger partial charge in [-0.2, -0.15) is 0 Å². The average molecular weight is 240 g/mol. The van der Waals surface area contributed by atoms with Gasteiger partial charge in [-0.3, -0.25) is 4.79 Å². The number of thiol groups is 1. The molecule has 0 unspecified atom stereocenters. The average Bonchev–Trinajstić information content (AvgIpc) is 2.02. The van der Waals surface area contributed by atoms with Crippen LogP contribution in [0.25, 0.3) is 0 Å². The summed E-state index contributed by atoms with van der Waals surface area (Å²) >= 11 is 3.94. The van der Waals surface area contributed by atoms with Crippen molar-refractivity contribution in [3.8, 4) is 0 Å². The van der Waals surface area contributed by atoms with E-state index in [1.54, 1.807) is 16.9 Å². The monoisotopic (exact) mass is 240 g/mol. The number of hydrogen-bond acceptors (Lipinski definition) is 5. The molecule has 3 nitrogen and oxygen atoms in total. The minimum absolute atomic E-state index is 0.231. The number of aliphatic hydroxyl groups excluding tert-OH is 1. The first kappa shape index (κ1) is 13.2. The van der Waals surface area contributed by atoms with Gasteiger partial charge in [-0.1, -0.05) is 34.6 Å². The van der Waals surface area contributed by atoms with E-state index in [1.807, 2.05) is 0 Å². The summed E-state index contributed by atoms with van der Waals surface area (Å²) in [7, 11) is 3.00. The van der Waals surface area contributed by atoms with Crippen LogP contribution in [0.4, 0.5) is 0 Å². The molecule has 0 aliphatic rings. The molecule has 0 rings (SSSR count). The largest absolute Gasteiger partial charge is 0.481 e. The first-order valence-electron chi connectivity index (χ1n) is 3.66. The fraction of sp³-hybridized carbons (Fsp3) is 0.571. The van der Waals surface area contributed by atoms with E-state index in [-0.39, 0.29) is 6.42 Å². The third-order valence-electron chi connectivity index (χ3n) is 1.16. The Morgan fingerprint density at radius 1 is 1.62 bits per heavy atom. The second kappa shape index (κ2) is 8.80. The number of hydrogen-bond donors (Lipinski definition) is 3. The van der Waals surface area contributed by atoms with Crippen LogP contribution in [0.2, 0.25) is 0 Å². The lowest BCUT2D eigenvalue weighted by atomic mass is 10.2. The number of aliphatic carboxylic acids is 1. The summed E-state index contributed by atoms with van der Waals surface area (Å²) < 4.78 is 0. The molecule has 0 aromatic heterocycles. The van der Waals surface area contributed by atoms with Crippen molar-refractivity contribution < 1.29 is 15.0 Å².